The molecule has 1 fully saturated rings. The van der Waals surface area contributed by atoms with Crippen molar-refractivity contribution in [1.82, 2.24) is 10.2 Å². The lowest BCUT2D eigenvalue weighted by Crippen LogP contribution is -2.50. The van der Waals surface area contributed by atoms with Crippen molar-refractivity contribution in [2.75, 3.05) is 48.8 Å². The summed E-state index contributed by atoms with van der Waals surface area (Å²) in [7, 11) is 1.86. The van der Waals surface area contributed by atoms with Gasteiger partial charge in [0.2, 0.25) is 5.91 Å². The molecule has 1 aliphatic heterocycles. The maximum Gasteiger partial charge on any atom is 0.322 e. The van der Waals surface area contributed by atoms with E-state index in [9.17, 15) is 9.59 Å². The van der Waals surface area contributed by atoms with Crippen molar-refractivity contribution < 1.29 is 9.59 Å². The number of carbonyl (C=O) groups is 2. The zero-order chi connectivity index (χ0) is 27.8. The topological polar surface area (TPSA) is 76.7 Å². The molecule has 1 heterocycles. The molecule has 0 saturated carbocycles. The van der Waals surface area contributed by atoms with E-state index in [1.807, 2.05) is 68.6 Å². The van der Waals surface area contributed by atoms with Gasteiger partial charge in [-0.25, -0.2) is 4.79 Å². The molecule has 1 unspecified atom stereocenters. The van der Waals surface area contributed by atoms with Gasteiger partial charge in [-0.15, -0.1) is 0 Å². The number of rotatable bonds is 9. The van der Waals surface area contributed by atoms with Gasteiger partial charge in [-0.3, -0.25) is 4.79 Å². The molecule has 0 aliphatic carbocycles. The first-order valence-electron chi connectivity index (χ1n) is 13.2. The lowest BCUT2D eigenvalue weighted by atomic mass is 10.1. The van der Waals surface area contributed by atoms with Crippen LogP contribution in [0.3, 0.4) is 0 Å². The first-order chi connectivity index (χ1) is 18.8. The number of urea groups is 1. The Bertz CT molecular complexity index is 1240. The Hall–Kier alpha value is -3.26. The predicted octanol–water partition coefficient (Wildman–Crippen LogP) is 6.59. The third-order valence-electron chi connectivity index (χ3n) is 7.02. The maximum atomic E-state index is 12.9. The summed E-state index contributed by atoms with van der Waals surface area (Å²) in [6.07, 6.45) is 2.18. The van der Waals surface area contributed by atoms with Crippen molar-refractivity contribution in [2.45, 2.75) is 32.2 Å². The smallest absolute Gasteiger partial charge is 0.322 e. The lowest BCUT2D eigenvalue weighted by molar-refractivity contribution is -0.116. The van der Waals surface area contributed by atoms with E-state index >= 15 is 0 Å². The molecular weight excluding hydrogens is 533 g/mol. The highest BCUT2D eigenvalue weighted by molar-refractivity contribution is 6.39. The number of hydrogen-bond donors (Lipinski definition) is 3. The monoisotopic (exact) mass is 567 g/mol. The van der Waals surface area contributed by atoms with Crippen molar-refractivity contribution >= 4 is 52.2 Å². The van der Waals surface area contributed by atoms with Crippen molar-refractivity contribution in [3.8, 4) is 0 Å². The van der Waals surface area contributed by atoms with Crippen molar-refractivity contribution in [3.63, 3.8) is 0 Å². The highest BCUT2D eigenvalue weighted by Crippen LogP contribution is 2.34. The van der Waals surface area contributed by atoms with Gasteiger partial charge in [0.25, 0.3) is 0 Å². The Morgan fingerprint density at radius 2 is 1.54 bits per heavy atom. The number of nitrogens with one attached hydrogen (secondary N) is 3. The van der Waals surface area contributed by atoms with Gasteiger partial charge in [0.1, 0.15) is 0 Å². The van der Waals surface area contributed by atoms with Crippen molar-refractivity contribution in [2.24, 2.45) is 0 Å². The number of piperazine rings is 1. The summed E-state index contributed by atoms with van der Waals surface area (Å²) >= 11 is 12.9. The molecule has 0 bridgehead atoms. The standard InChI is InChI=1S/C30H35Cl2N5O2/c1-21(33-2)23-19-26(31)29(27(32)20-23)35-30(39)37-17-15-36(16-18-37)25-13-11-24(12-14-25)34-28(38)10-6-9-22-7-4-3-5-8-22/h3-5,7-8,11-14,19-21,33H,6,9-10,15-18H2,1-2H3,(H,34,38)(H,35,39). The second kappa shape index (κ2) is 13.7. The number of halogens is 2. The Balaban J connectivity index is 1.23. The molecule has 7 nitrogen and oxygen atoms in total. The van der Waals surface area contributed by atoms with Gasteiger partial charge in [0.05, 0.1) is 15.7 Å². The van der Waals surface area contributed by atoms with Crippen LogP contribution in [0.25, 0.3) is 0 Å². The number of hydrogen-bond acceptors (Lipinski definition) is 4. The van der Waals surface area contributed by atoms with E-state index in [2.05, 4.69) is 33.0 Å². The molecule has 3 aromatic rings. The molecule has 206 valence electrons. The number of anilines is 3. The van der Waals surface area contributed by atoms with E-state index < -0.39 is 0 Å². The van der Waals surface area contributed by atoms with Crippen LogP contribution >= 0.6 is 23.2 Å². The summed E-state index contributed by atoms with van der Waals surface area (Å²) in [6, 6.07) is 21.5. The fourth-order valence-electron chi connectivity index (χ4n) is 4.56. The second-order valence-corrected chi connectivity index (χ2v) is 10.5. The summed E-state index contributed by atoms with van der Waals surface area (Å²) in [4.78, 5) is 29.2. The second-order valence-electron chi connectivity index (χ2n) is 9.71. The Labute approximate surface area is 240 Å². The van der Waals surface area contributed by atoms with Gasteiger partial charge in [-0.05, 0) is 74.3 Å². The summed E-state index contributed by atoms with van der Waals surface area (Å²) < 4.78 is 0. The molecule has 1 saturated heterocycles. The molecule has 3 aromatic carbocycles. The number of benzene rings is 3. The number of nitrogens with zero attached hydrogens (tertiary/aromatic N) is 2. The van der Waals surface area contributed by atoms with Crippen LogP contribution < -0.4 is 20.9 Å². The molecule has 0 spiro atoms. The minimum Gasteiger partial charge on any atom is -0.368 e. The van der Waals surface area contributed by atoms with Crippen LogP contribution in [0.15, 0.2) is 66.7 Å². The molecule has 1 atom stereocenters. The summed E-state index contributed by atoms with van der Waals surface area (Å²) in [6.45, 7) is 4.53. The first-order valence-corrected chi connectivity index (χ1v) is 14.0. The summed E-state index contributed by atoms with van der Waals surface area (Å²) in [5.41, 5.74) is 4.46. The zero-order valence-electron chi connectivity index (χ0n) is 22.3. The quantitative estimate of drug-likeness (QED) is 0.272. The van der Waals surface area contributed by atoms with Crippen LogP contribution in [0.4, 0.5) is 21.9 Å². The minimum absolute atomic E-state index is 0.0182. The van der Waals surface area contributed by atoms with E-state index in [0.717, 1.165) is 29.8 Å². The van der Waals surface area contributed by atoms with Crippen LogP contribution in [-0.4, -0.2) is 50.1 Å². The fraction of sp³-hybridized carbons (Fsp3) is 0.333. The van der Waals surface area contributed by atoms with Crippen molar-refractivity contribution in [1.29, 1.82) is 0 Å². The first kappa shape index (κ1) is 28.7. The van der Waals surface area contributed by atoms with Gasteiger partial charge in [-0.1, -0.05) is 53.5 Å². The van der Waals surface area contributed by atoms with Crippen LogP contribution in [0, 0.1) is 0 Å². The number of carbonyl (C=O) groups excluding carboxylic acids is 2. The van der Waals surface area contributed by atoms with Gasteiger partial charge >= 0.3 is 6.03 Å². The van der Waals surface area contributed by atoms with Gasteiger partial charge in [-0.2, -0.15) is 0 Å². The third kappa shape index (κ3) is 7.88. The van der Waals surface area contributed by atoms with Crippen molar-refractivity contribution in [3.05, 3.63) is 87.9 Å². The van der Waals surface area contributed by atoms with Crippen LogP contribution in [0.5, 0.6) is 0 Å². The Morgan fingerprint density at radius 3 is 2.15 bits per heavy atom. The molecule has 39 heavy (non-hydrogen) atoms. The molecular formula is C30H35Cl2N5O2. The fourth-order valence-corrected chi connectivity index (χ4v) is 5.16. The average Bonchev–Trinajstić information content (AvgIpc) is 2.95. The zero-order valence-corrected chi connectivity index (χ0v) is 23.9. The Kier molecular flexibility index (Phi) is 10.1. The molecule has 1 aliphatic rings. The van der Waals surface area contributed by atoms with E-state index in [0.29, 0.717) is 48.3 Å². The largest absolute Gasteiger partial charge is 0.368 e. The Morgan fingerprint density at radius 1 is 0.897 bits per heavy atom. The highest BCUT2D eigenvalue weighted by atomic mass is 35.5. The van der Waals surface area contributed by atoms with Crippen LogP contribution in [0.1, 0.15) is 36.9 Å². The average molecular weight is 569 g/mol. The van der Waals surface area contributed by atoms with Crippen LogP contribution in [-0.2, 0) is 11.2 Å². The van der Waals surface area contributed by atoms with Crippen LogP contribution in [0.2, 0.25) is 10.0 Å². The summed E-state index contributed by atoms with van der Waals surface area (Å²) in [5, 5.41) is 9.84. The molecule has 3 N–H and O–H groups in total. The molecule has 0 aromatic heterocycles. The molecule has 3 amide bonds. The van der Waals surface area contributed by atoms with Gasteiger partial charge in [0.15, 0.2) is 0 Å². The molecule has 4 rings (SSSR count). The molecule has 9 heteroatoms. The van der Waals surface area contributed by atoms with E-state index in [4.69, 9.17) is 23.2 Å². The van der Waals surface area contributed by atoms with E-state index in [1.54, 1.807) is 4.90 Å². The maximum absolute atomic E-state index is 12.9. The number of amides is 3. The highest BCUT2D eigenvalue weighted by Gasteiger charge is 2.23. The summed E-state index contributed by atoms with van der Waals surface area (Å²) in [5.74, 6) is 0.0182. The third-order valence-corrected chi connectivity index (χ3v) is 7.62. The number of aryl methyl sites for hydroxylation is 1. The van der Waals surface area contributed by atoms with E-state index in [1.165, 1.54) is 5.56 Å². The SMILES string of the molecule is CNC(C)c1cc(Cl)c(NC(=O)N2CCN(c3ccc(NC(=O)CCCc4ccccc4)cc3)CC2)c(Cl)c1. The van der Waals surface area contributed by atoms with Gasteiger partial charge in [0, 0.05) is 50.0 Å². The predicted molar refractivity (Wildman–Crippen MR) is 161 cm³/mol. The lowest BCUT2D eigenvalue weighted by Gasteiger charge is -2.36. The van der Waals surface area contributed by atoms with E-state index in [-0.39, 0.29) is 18.0 Å². The van der Waals surface area contributed by atoms with Gasteiger partial charge < -0.3 is 25.8 Å². The normalized spacial score (nSPS) is 14.2. The molecule has 0 radical (unpaired) electrons. The minimum atomic E-state index is -0.224.